The Morgan fingerprint density at radius 2 is 2.17 bits per heavy atom. The summed E-state index contributed by atoms with van der Waals surface area (Å²) in [7, 11) is 1.32. The van der Waals surface area contributed by atoms with E-state index >= 15 is 0 Å². The topological polar surface area (TPSA) is 52.6 Å². The molecule has 4 nitrogen and oxygen atoms in total. The van der Waals surface area contributed by atoms with Crippen LogP contribution in [0, 0.1) is 0 Å². The van der Waals surface area contributed by atoms with Crippen LogP contribution in [0.1, 0.15) is 24.6 Å². The quantitative estimate of drug-likeness (QED) is 0.608. The van der Waals surface area contributed by atoms with Crippen molar-refractivity contribution >= 4 is 23.3 Å². The molecule has 0 spiro atoms. The molecule has 0 fully saturated rings. The summed E-state index contributed by atoms with van der Waals surface area (Å²) >= 11 is 1.55. The molecule has 98 valence electrons. The predicted octanol–water partition coefficient (Wildman–Crippen LogP) is 2.51. The van der Waals surface area contributed by atoms with Gasteiger partial charge in [-0.1, -0.05) is 12.1 Å². The number of methoxy groups -OCH3 is 1. The van der Waals surface area contributed by atoms with Crippen LogP contribution in [-0.2, 0) is 19.1 Å². The maximum absolute atomic E-state index is 11.1. The Kier molecular flexibility index (Phi) is 5.58. The molecule has 0 aliphatic rings. The van der Waals surface area contributed by atoms with Crippen molar-refractivity contribution < 1.29 is 19.1 Å². The van der Waals surface area contributed by atoms with E-state index in [1.54, 1.807) is 24.3 Å². The molecule has 0 aromatic carbocycles. The Morgan fingerprint density at radius 3 is 2.67 bits per heavy atom. The molecule has 0 unspecified atom stereocenters. The van der Waals surface area contributed by atoms with Gasteiger partial charge in [-0.15, -0.1) is 11.3 Å². The zero-order chi connectivity index (χ0) is 13.5. The minimum Gasteiger partial charge on any atom is -0.466 e. The molecule has 0 saturated carbocycles. The van der Waals surface area contributed by atoms with Crippen molar-refractivity contribution in [2.45, 2.75) is 25.9 Å². The van der Waals surface area contributed by atoms with Gasteiger partial charge in [-0.2, -0.15) is 0 Å². The van der Waals surface area contributed by atoms with Crippen LogP contribution in [0.15, 0.2) is 29.7 Å². The number of ether oxygens (including phenoxy) is 2. The van der Waals surface area contributed by atoms with E-state index in [4.69, 9.17) is 4.74 Å². The first-order valence-corrected chi connectivity index (χ1v) is 6.39. The zero-order valence-corrected chi connectivity index (χ0v) is 11.4. The van der Waals surface area contributed by atoms with Gasteiger partial charge in [0.2, 0.25) is 0 Å². The maximum Gasteiger partial charge on any atom is 0.330 e. The van der Waals surface area contributed by atoms with Gasteiger partial charge in [-0.3, -0.25) is 4.79 Å². The Morgan fingerprint density at radius 1 is 1.44 bits per heavy atom. The molecule has 0 bridgehead atoms. The lowest BCUT2D eigenvalue weighted by atomic mass is 10.0. The van der Waals surface area contributed by atoms with E-state index in [0.29, 0.717) is 0 Å². The molecule has 0 aliphatic carbocycles. The van der Waals surface area contributed by atoms with Crippen molar-refractivity contribution in [3.8, 4) is 0 Å². The molecule has 1 heterocycles. The van der Waals surface area contributed by atoms with Crippen LogP contribution in [0.2, 0.25) is 0 Å². The van der Waals surface area contributed by atoms with Crippen LogP contribution in [0.25, 0.3) is 0 Å². The minimum atomic E-state index is -0.424. The van der Waals surface area contributed by atoms with Crippen LogP contribution in [0.3, 0.4) is 0 Å². The summed E-state index contributed by atoms with van der Waals surface area (Å²) in [5.41, 5.74) is 0. The smallest absolute Gasteiger partial charge is 0.330 e. The van der Waals surface area contributed by atoms with Gasteiger partial charge < -0.3 is 9.47 Å². The first kappa shape index (κ1) is 14.4. The third kappa shape index (κ3) is 4.33. The zero-order valence-electron chi connectivity index (χ0n) is 10.6. The highest BCUT2D eigenvalue weighted by atomic mass is 32.1. The van der Waals surface area contributed by atoms with Gasteiger partial charge in [-0.05, 0) is 18.4 Å². The van der Waals surface area contributed by atoms with Crippen LogP contribution >= 0.6 is 11.3 Å². The van der Waals surface area contributed by atoms with E-state index in [0.717, 1.165) is 4.88 Å². The number of hydrogen-bond donors (Lipinski definition) is 0. The number of esters is 2. The number of carbonyl (C=O) groups is 2. The molecule has 1 aromatic heterocycles. The lowest BCUT2D eigenvalue weighted by Gasteiger charge is -2.19. The molecule has 0 radical (unpaired) electrons. The van der Waals surface area contributed by atoms with Gasteiger partial charge >= 0.3 is 11.9 Å². The van der Waals surface area contributed by atoms with E-state index in [2.05, 4.69) is 4.74 Å². The highest BCUT2D eigenvalue weighted by Gasteiger charge is 2.20. The SMILES string of the molecule is COC(=O)/C=C/[C@@H](c1cccs1)[C@H](C)OC(C)=O. The Hall–Kier alpha value is -1.62. The van der Waals surface area contributed by atoms with Crippen molar-refractivity contribution in [2.75, 3.05) is 7.11 Å². The molecule has 5 heteroatoms. The fourth-order valence-corrected chi connectivity index (χ4v) is 2.45. The summed E-state index contributed by atoms with van der Waals surface area (Å²) in [5, 5.41) is 1.94. The van der Waals surface area contributed by atoms with Crippen molar-refractivity contribution in [1.82, 2.24) is 0 Å². The lowest BCUT2D eigenvalue weighted by Crippen LogP contribution is -2.19. The molecule has 1 aromatic rings. The van der Waals surface area contributed by atoms with Gasteiger partial charge in [0.05, 0.1) is 7.11 Å². The number of carbonyl (C=O) groups excluding carboxylic acids is 2. The van der Waals surface area contributed by atoms with Crippen LogP contribution < -0.4 is 0 Å². The largest absolute Gasteiger partial charge is 0.466 e. The van der Waals surface area contributed by atoms with Crippen molar-refractivity contribution in [3.05, 3.63) is 34.5 Å². The normalized spacial score (nSPS) is 14.2. The molecule has 0 amide bonds. The molecule has 0 N–H and O–H groups in total. The summed E-state index contributed by atoms with van der Waals surface area (Å²) in [6, 6.07) is 3.86. The Bertz CT molecular complexity index is 422. The van der Waals surface area contributed by atoms with E-state index in [1.807, 2.05) is 17.5 Å². The van der Waals surface area contributed by atoms with Gasteiger partial charge in [0.25, 0.3) is 0 Å². The van der Waals surface area contributed by atoms with Gasteiger partial charge in [0, 0.05) is 23.8 Å². The van der Waals surface area contributed by atoms with Crippen molar-refractivity contribution in [1.29, 1.82) is 0 Å². The molecular weight excluding hydrogens is 252 g/mol. The first-order chi connectivity index (χ1) is 8.54. The fraction of sp³-hybridized carbons (Fsp3) is 0.385. The Labute approximate surface area is 110 Å². The molecule has 1 rings (SSSR count). The summed E-state index contributed by atoms with van der Waals surface area (Å²) in [4.78, 5) is 23.1. The maximum atomic E-state index is 11.1. The second kappa shape index (κ2) is 6.96. The molecule has 0 saturated heterocycles. The van der Waals surface area contributed by atoms with Crippen LogP contribution in [-0.4, -0.2) is 25.2 Å². The molecule has 0 aliphatic heterocycles. The van der Waals surface area contributed by atoms with E-state index < -0.39 is 5.97 Å². The first-order valence-electron chi connectivity index (χ1n) is 5.51. The van der Waals surface area contributed by atoms with E-state index in [9.17, 15) is 9.59 Å². The van der Waals surface area contributed by atoms with E-state index in [-0.39, 0.29) is 18.0 Å². The number of thiophene rings is 1. The number of hydrogen-bond acceptors (Lipinski definition) is 5. The van der Waals surface area contributed by atoms with Gasteiger partial charge in [0.1, 0.15) is 6.10 Å². The van der Waals surface area contributed by atoms with Crippen molar-refractivity contribution in [2.24, 2.45) is 0 Å². The van der Waals surface area contributed by atoms with Gasteiger partial charge in [-0.25, -0.2) is 4.79 Å². The summed E-state index contributed by atoms with van der Waals surface area (Å²) < 4.78 is 9.72. The van der Waals surface area contributed by atoms with E-state index in [1.165, 1.54) is 20.1 Å². The molecule has 18 heavy (non-hydrogen) atoms. The predicted molar refractivity (Wildman–Crippen MR) is 69.4 cm³/mol. The minimum absolute atomic E-state index is 0.145. The average molecular weight is 268 g/mol. The Balaban J connectivity index is 2.85. The molecule has 2 atom stereocenters. The second-order valence-corrected chi connectivity index (χ2v) is 4.72. The highest BCUT2D eigenvalue weighted by Crippen LogP contribution is 2.27. The fourth-order valence-electron chi connectivity index (χ4n) is 1.55. The monoisotopic (exact) mass is 268 g/mol. The van der Waals surface area contributed by atoms with Crippen molar-refractivity contribution in [3.63, 3.8) is 0 Å². The summed E-state index contributed by atoms with van der Waals surface area (Å²) in [5.74, 6) is -0.907. The lowest BCUT2D eigenvalue weighted by molar-refractivity contribution is -0.145. The summed E-state index contributed by atoms with van der Waals surface area (Å²) in [6.07, 6.45) is 2.72. The average Bonchev–Trinajstić information content (AvgIpc) is 2.81. The summed E-state index contributed by atoms with van der Waals surface area (Å²) in [6.45, 7) is 3.17. The number of rotatable bonds is 5. The standard InChI is InChI=1S/C13H16O4S/c1-9(17-10(2)14)11(6-7-13(15)16-3)12-5-4-8-18-12/h4-9,11H,1-3H3/b7-6+/t9-,11+/m0/s1. The van der Waals surface area contributed by atoms with Gasteiger partial charge in [0.15, 0.2) is 0 Å². The highest BCUT2D eigenvalue weighted by molar-refractivity contribution is 7.10. The third-order valence-corrected chi connectivity index (χ3v) is 3.34. The third-order valence-electron chi connectivity index (χ3n) is 2.37. The van der Waals surface area contributed by atoms with Crippen LogP contribution in [0.5, 0.6) is 0 Å². The molecular formula is C13H16O4S. The second-order valence-electron chi connectivity index (χ2n) is 3.74. The van der Waals surface area contributed by atoms with Crippen LogP contribution in [0.4, 0.5) is 0 Å².